The van der Waals surface area contributed by atoms with Crippen molar-refractivity contribution in [2.45, 2.75) is 33.2 Å². The maximum Gasteiger partial charge on any atom is 0.221 e. The first-order chi connectivity index (χ1) is 9.95. The second-order valence-electron chi connectivity index (χ2n) is 5.48. The molecule has 2 N–H and O–H groups in total. The van der Waals surface area contributed by atoms with Gasteiger partial charge >= 0.3 is 0 Å². The Morgan fingerprint density at radius 1 is 1.24 bits per heavy atom. The molecule has 0 fully saturated rings. The SMILES string of the molecule is CC(=O)Nc1ccc(NCc2cn(C)nc2C(C)C)cc1. The summed E-state index contributed by atoms with van der Waals surface area (Å²) in [5.41, 5.74) is 4.15. The molecule has 0 aliphatic heterocycles. The molecule has 21 heavy (non-hydrogen) atoms. The number of hydrogen-bond donors (Lipinski definition) is 2. The molecule has 0 aliphatic rings. The van der Waals surface area contributed by atoms with Crippen LogP contribution in [0.3, 0.4) is 0 Å². The zero-order chi connectivity index (χ0) is 15.4. The number of rotatable bonds is 5. The summed E-state index contributed by atoms with van der Waals surface area (Å²) >= 11 is 0. The molecule has 1 aromatic heterocycles. The fourth-order valence-corrected chi connectivity index (χ4v) is 2.25. The van der Waals surface area contributed by atoms with E-state index in [-0.39, 0.29) is 5.91 Å². The topological polar surface area (TPSA) is 59.0 Å². The largest absolute Gasteiger partial charge is 0.381 e. The Labute approximate surface area is 125 Å². The Morgan fingerprint density at radius 3 is 2.43 bits per heavy atom. The van der Waals surface area contributed by atoms with Gasteiger partial charge in [0.25, 0.3) is 0 Å². The van der Waals surface area contributed by atoms with Crippen molar-refractivity contribution in [3.8, 4) is 0 Å². The van der Waals surface area contributed by atoms with Crippen LogP contribution in [-0.2, 0) is 18.4 Å². The van der Waals surface area contributed by atoms with Crippen LogP contribution in [0.1, 0.15) is 37.9 Å². The van der Waals surface area contributed by atoms with Crippen molar-refractivity contribution in [2.75, 3.05) is 10.6 Å². The summed E-state index contributed by atoms with van der Waals surface area (Å²) in [7, 11) is 1.94. The molecule has 0 unspecified atom stereocenters. The van der Waals surface area contributed by atoms with Gasteiger partial charge in [0.05, 0.1) is 5.69 Å². The Kier molecular flexibility index (Phi) is 4.62. The van der Waals surface area contributed by atoms with Crippen LogP contribution < -0.4 is 10.6 Å². The molecule has 5 heteroatoms. The van der Waals surface area contributed by atoms with Crippen molar-refractivity contribution in [3.63, 3.8) is 0 Å². The maximum atomic E-state index is 11.0. The Bertz CT molecular complexity index is 614. The fourth-order valence-electron chi connectivity index (χ4n) is 2.25. The predicted octanol–water partition coefficient (Wildman–Crippen LogP) is 3.11. The van der Waals surface area contributed by atoms with Gasteiger partial charge in [-0.25, -0.2) is 0 Å². The minimum absolute atomic E-state index is 0.0624. The predicted molar refractivity (Wildman–Crippen MR) is 85.4 cm³/mol. The molecule has 0 saturated carbocycles. The number of nitrogens with zero attached hydrogens (tertiary/aromatic N) is 2. The van der Waals surface area contributed by atoms with E-state index < -0.39 is 0 Å². The van der Waals surface area contributed by atoms with Gasteiger partial charge in [-0.1, -0.05) is 13.8 Å². The van der Waals surface area contributed by atoms with Crippen molar-refractivity contribution in [2.24, 2.45) is 7.05 Å². The molecule has 2 rings (SSSR count). The lowest BCUT2D eigenvalue weighted by Crippen LogP contribution is -2.06. The van der Waals surface area contributed by atoms with E-state index in [1.807, 2.05) is 42.2 Å². The molecule has 1 amide bonds. The lowest BCUT2D eigenvalue weighted by atomic mass is 10.1. The van der Waals surface area contributed by atoms with Gasteiger partial charge in [-0.2, -0.15) is 5.10 Å². The fraction of sp³-hybridized carbons (Fsp3) is 0.375. The monoisotopic (exact) mass is 286 g/mol. The van der Waals surface area contributed by atoms with Crippen LogP contribution in [-0.4, -0.2) is 15.7 Å². The highest BCUT2D eigenvalue weighted by Crippen LogP contribution is 2.19. The van der Waals surface area contributed by atoms with E-state index in [1.54, 1.807) is 0 Å². The minimum Gasteiger partial charge on any atom is -0.381 e. The molecule has 0 saturated heterocycles. The molecule has 0 aliphatic carbocycles. The third-order valence-corrected chi connectivity index (χ3v) is 3.17. The van der Waals surface area contributed by atoms with Crippen molar-refractivity contribution in [1.29, 1.82) is 0 Å². The van der Waals surface area contributed by atoms with Crippen LogP contribution >= 0.6 is 0 Å². The van der Waals surface area contributed by atoms with E-state index in [0.29, 0.717) is 5.92 Å². The summed E-state index contributed by atoms with van der Waals surface area (Å²) in [6, 6.07) is 7.68. The van der Waals surface area contributed by atoms with E-state index in [1.165, 1.54) is 12.5 Å². The first-order valence-electron chi connectivity index (χ1n) is 7.09. The number of carbonyl (C=O) groups excluding carboxylic acids is 1. The molecular weight excluding hydrogens is 264 g/mol. The van der Waals surface area contributed by atoms with Gasteiger partial charge in [0.15, 0.2) is 0 Å². The molecule has 5 nitrogen and oxygen atoms in total. The standard InChI is InChI=1S/C16H22N4O/c1-11(2)16-13(10-20(4)19-16)9-17-14-5-7-15(8-6-14)18-12(3)21/h5-8,10-11,17H,9H2,1-4H3,(H,18,21). The second-order valence-corrected chi connectivity index (χ2v) is 5.48. The van der Waals surface area contributed by atoms with Crippen LogP contribution in [0.15, 0.2) is 30.5 Å². The lowest BCUT2D eigenvalue weighted by molar-refractivity contribution is -0.114. The van der Waals surface area contributed by atoms with Gasteiger partial charge in [0, 0.05) is 43.7 Å². The molecule has 0 bridgehead atoms. The van der Waals surface area contributed by atoms with E-state index >= 15 is 0 Å². The summed E-state index contributed by atoms with van der Waals surface area (Å²) in [4.78, 5) is 11.0. The van der Waals surface area contributed by atoms with Crippen LogP contribution in [0.4, 0.5) is 11.4 Å². The Morgan fingerprint density at radius 2 is 1.86 bits per heavy atom. The highest BCUT2D eigenvalue weighted by atomic mass is 16.1. The zero-order valence-corrected chi connectivity index (χ0v) is 13.0. The highest BCUT2D eigenvalue weighted by molar-refractivity contribution is 5.88. The third-order valence-electron chi connectivity index (χ3n) is 3.17. The van der Waals surface area contributed by atoms with Gasteiger partial charge in [-0.15, -0.1) is 0 Å². The molecule has 1 aromatic carbocycles. The number of anilines is 2. The smallest absolute Gasteiger partial charge is 0.221 e. The van der Waals surface area contributed by atoms with Crippen molar-refractivity contribution < 1.29 is 4.79 Å². The van der Waals surface area contributed by atoms with Gasteiger partial charge < -0.3 is 10.6 Å². The lowest BCUT2D eigenvalue weighted by Gasteiger charge is -2.09. The van der Waals surface area contributed by atoms with Gasteiger partial charge in [0.2, 0.25) is 5.91 Å². The van der Waals surface area contributed by atoms with Crippen LogP contribution in [0.2, 0.25) is 0 Å². The molecular formula is C16H22N4O. The summed E-state index contributed by atoms with van der Waals surface area (Å²) in [6.45, 7) is 6.53. The van der Waals surface area contributed by atoms with Gasteiger partial charge in [-0.05, 0) is 30.2 Å². The zero-order valence-electron chi connectivity index (χ0n) is 13.0. The first-order valence-corrected chi connectivity index (χ1v) is 7.09. The highest BCUT2D eigenvalue weighted by Gasteiger charge is 2.10. The average molecular weight is 286 g/mol. The van der Waals surface area contributed by atoms with Crippen molar-refractivity contribution >= 4 is 17.3 Å². The molecule has 1 heterocycles. The summed E-state index contributed by atoms with van der Waals surface area (Å²) in [5, 5.41) is 10.6. The molecule has 112 valence electrons. The van der Waals surface area contributed by atoms with Gasteiger partial charge in [0.1, 0.15) is 0 Å². The maximum absolute atomic E-state index is 11.0. The molecule has 0 radical (unpaired) electrons. The second kappa shape index (κ2) is 6.43. The number of aryl methyl sites for hydroxylation is 1. The third kappa shape index (κ3) is 4.08. The molecule has 0 spiro atoms. The number of benzene rings is 1. The van der Waals surface area contributed by atoms with Crippen LogP contribution in [0.25, 0.3) is 0 Å². The normalized spacial score (nSPS) is 10.7. The minimum atomic E-state index is -0.0624. The average Bonchev–Trinajstić information content (AvgIpc) is 2.79. The van der Waals surface area contributed by atoms with Crippen LogP contribution in [0.5, 0.6) is 0 Å². The first kappa shape index (κ1) is 15.1. The Balaban J connectivity index is 2.01. The van der Waals surface area contributed by atoms with Gasteiger partial charge in [-0.3, -0.25) is 9.48 Å². The molecule has 2 aromatic rings. The number of aromatic nitrogens is 2. The van der Waals surface area contributed by atoms with E-state index in [2.05, 4.69) is 29.6 Å². The van der Waals surface area contributed by atoms with Crippen molar-refractivity contribution in [1.82, 2.24) is 9.78 Å². The summed E-state index contributed by atoms with van der Waals surface area (Å²) in [6.07, 6.45) is 2.05. The molecule has 0 atom stereocenters. The number of hydrogen-bond acceptors (Lipinski definition) is 3. The number of nitrogens with one attached hydrogen (secondary N) is 2. The number of carbonyl (C=O) groups is 1. The van der Waals surface area contributed by atoms with E-state index in [0.717, 1.165) is 23.6 Å². The van der Waals surface area contributed by atoms with E-state index in [4.69, 9.17) is 0 Å². The van der Waals surface area contributed by atoms with Crippen molar-refractivity contribution in [3.05, 3.63) is 41.7 Å². The summed E-state index contributed by atoms with van der Waals surface area (Å²) < 4.78 is 1.85. The van der Waals surface area contributed by atoms with Crippen LogP contribution in [0, 0.1) is 0 Å². The summed E-state index contributed by atoms with van der Waals surface area (Å²) in [5.74, 6) is 0.345. The number of amides is 1. The Hall–Kier alpha value is -2.30. The quantitative estimate of drug-likeness (QED) is 0.888. The van der Waals surface area contributed by atoms with E-state index in [9.17, 15) is 4.79 Å².